The average Bonchev–Trinajstić information content (AvgIpc) is 2.52. The molecule has 1 rings (SSSR count). The first-order chi connectivity index (χ1) is 10.4. The minimum atomic E-state index is 0.845. The van der Waals surface area contributed by atoms with Gasteiger partial charge in [0.25, 0.3) is 0 Å². The fraction of sp³-hybridized carbons (Fsp3) is 0.684. The molecule has 0 aliphatic heterocycles. The molecule has 0 saturated carbocycles. The Balaban J connectivity index is 2.21. The smallest absolute Gasteiger partial charge is 0.123 e. The number of unbranched alkanes of at least 4 members (excludes halogenated alkanes) is 6. The number of ether oxygens (including phenoxy) is 1. The summed E-state index contributed by atoms with van der Waals surface area (Å²) >= 11 is 0. The van der Waals surface area contributed by atoms with Crippen molar-refractivity contribution in [3.8, 4) is 5.75 Å². The third kappa shape index (κ3) is 8.77. The van der Waals surface area contributed by atoms with Crippen molar-refractivity contribution in [1.29, 1.82) is 0 Å². The molecule has 1 aromatic carbocycles. The molecule has 0 radical (unpaired) electrons. The second kappa shape index (κ2) is 12.7. The fourth-order valence-corrected chi connectivity index (χ4v) is 2.38. The third-order valence-corrected chi connectivity index (χ3v) is 3.75. The van der Waals surface area contributed by atoms with Gasteiger partial charge in [0.2, 0.25) is 0 Å². The van der Waals surface area contributed by atoms with Crippen LogP contribution in [0.5, 0.6) is 5.75 Å². The lowest BCUT2D eigenvalue weighted by Gasteiger charge is -2.12. The molecule has 0 atom stereocenters. The molecule has 0 aliphatic rings. The van der Waals surface area contributed by atoms with Crippen molar-refractivity contribution in [2.75, 3.05) is 13.2 Å². The lowest BCUT2D eigenvalue weighted by molar-refractivity contribution is 0.300. The zero-order valence-electron chi connectivity index (χ0n) is 14.0. The summed E-state index contributed by atoms with van der Waals surface area (Å²) in [6, 6.07) is 8.41. The zero-order valence-corrected chi connectivity index (χ0v) is 14.0. The summed E-state index contributed by atoms with van der Waals surface area (Å²) in [4.78, 5) is 0. The SMILES string of the molecule is CCCCCCCCOc1ccccc1CNCCCC. The molecule has 0 fully saturated rings. The number of hydrogen-bond donors (Lipinski definition) is 1. The van der Waals surface area contributed by atoms with Crippen LogP contribution in [0.15, 0.2) is 24.3 Å². The van der Waals surface area contributed by atoms with Gasteiger partial charge in [-0.1, -0.05) is 70.6 Å². The Kier molecular flexibility index (Phi) is 10.9. The fourth-order valence-electron chi connectivity index (χ4n) is 2.38. The van der Waals surface area contributed by atoms with Crippen molar-refractivity contribution < 1.29 is 4.74 Å². The molecule has 0 unspecified atom stereocenters. The molecule has 0 saturated heterocycles. The van der Waals surface area contributed by atoms with E-state index in [4.69, 9.17) is 4.74 Å². The van der Waals surface area contributed by atoms with Crippen LogP contribution in [0.25, 0.3) is 0 Å². The van der Waals surface area contributed by atoms with Crippen LogP contribution >= 0.6 is 0 Å². The minimum absolute atomic E-state index is 0.845. The van der Waals surface area contributed by atoms with E-state index < -0.39 is 0 Å². The second-order valence-electron chi connectivity index (χ2n) is 5.75. The maximum absolute atomic E-state index is 5.96. The van der Waals surface area contributed by atoms with Crippen LogP contribution in [0, 0.1) is 0 Å². The Morgan fingerprint density at radius 2 is 1.57 bits per heavy atom. The van der Waals surface area contributed by atoms with E-state index in [-0.39, 0.29) is 0 Å². The Morgan fingerprint density at radius 1 is 0.857 bits per heavy atom. The van der Waals surface area contributed by atoms with Gasteiger partial charge in [0.1, 0.15) is 5.75 Å². The van der Waals surface area contributed by atoms with Crippen LogP contribution in [0.4, 0.5) is 0 Å². The minimum Gasteiger partial charge on any atom is -0.493 e. The van der Waals surface area contributed by atoms with Gasteiger partial charge in [0, 0.05) is 12.1 Å². The van der Waals surface area contributed by atoms with Crippen molar-refractivity contribution >= 4 is 0 Å². The van der Waals surface area contributed by atoms with Crippen molar-refractivity contribution in [3.05, 3.63) is 29.8 Å². The standard InChI is InChI=1S/C19H33NO/c1-3-5-7-8-9-12-16-21-19-14-11-10-13-18(19)17-20-15-6-4-2/h10-11,13-14,20H,3-9,12,15-17H2,1-2H3. The summed E-state index contributed by atoms with van der Waals surface area (Å²) in [5.74, 6) is 1.05. The van der Waals surface area contributed by atoms with E-state index in [9.17, 15) is 0 Å². The molecule has 0 spiro atoms. The van der Waals surface area contributed by atoms with Crippen molar-refractivity contribution in [3.63, 3.8) is 0 Å². The van der Waals surface area contributed by atoms with Crippen LogP contribution in [-0.4, -0.2) is 13.2 Å². The van der Waals surface area contributed by atoms with E-state index in [1.165, 1.54) is 56.9 Å². The highest BCUT2D eigenvalue weighted by Crippen LogP contribution is 2.18. The molecule has 1 aromatic rings. The number of rotatable bonds is 13. The van der Waals surface area contributed by atoms with Crippen molar-refractivity contribution in [2.24, 2.45) is 0 Å². The average molecular weight is 291 g/mol. The summed E-state index contributed by atoms with van der Waals surface area (Å²) in [5.41, 5.74) is 1.28. The molecule has 21 heavy (non-hydrogen) atoms. The quantitative estimate of drug-likeness (QED) is 0.497. The Bertz CT molecular complexity index is 351. The molecule has 2 nitrogen and oxygen atoms in total. The number of nitrogens with one attached hydrogen (secondary N) is 1. The number of hydrogen-bond acceptors (Lipinski definition) is 2. The molecule has 0 heterocycles. The first-order valence-electron chi connectivity index (χ1n) is 8.80. The van der Waals surface area contributed by atoms with Crippen LogP contribution < -0.4 is 10.1 Å². The van der Waals surface area contributed by atoms with E-state index in [2.05, 4.69) is 43.4 Å². The van der Waals surface area contributed by atoms with E-state index >= 15 is 0 Å². The first-order valence-corrected chi connectivity index (χ1v) is 8.80. The molecular formula is C19H33NO. The van der Waals surface area contributed by atoms with E-state index in [1.54, 1.807) is 0 Å². The maximum Gasteiger partial charge on any atom is 0.123 e. The predicted molar refractivity (Wildman–Crippen MR) is 91.9 cm³/mol. The molecular weight excluding hydrogens is 258 g/mol. The number of para-hydroxylation sites is 1. The molecule has 2 heteroatoms. The van der Waals surface area contributed by atoms with E-state index in [1.807, 2.05) is 0 Å². The van der Waals surface area contributed by atoms with Crippen LogP contribution in [0.2, 0.25) is 0 Å². The Labute approximate surface area is 131 Å². The molecule has 0 aliphatic carbocycles. The van der Waals surface area contributed by atoms with Crippen LogP contribution in [0.1, 0.15) is 70.8 Å². The van der Waals surface area contributed by atoms with Crippen molar-refractivity contribution in [1.82, 2.24) is 5.32 Å². The van der Waals surface area contributed by atoms with Crippen LogP contribution in [0.3, 0.4) is 0 Å². The predicted octanol–water partition coefficient (Wildman–Crippen LogP) is 5.32. The van der Waals surface area contributed by atoms with Gasteiger partial charge in [-0.05, 0) is 25.5 Å². The largest absolute Gasteiger partial charge is 0.493 e. The first kappa shape index (κ1) is 18.0. The van der Waals surface area contributed by atoms with Gasteiger partial charge in [0.15, 0.2) is 0 Å². The highest BCUT2D eigenvalue weighted by molar-refractivity contribution is 5.33. The summed E-state index contributed by atoms with van der Waals surface area (Å²) in [6.07, 6.45) is 10.3. The highest BCUT2D eigenvalue weighted by Gasteiger charge is 2.02. The van der Waals surface area contributed by atoms with Gasteiger partial charge in [-0.3, -0.25) is 0 Å². The normalized spacial score (nSPS) is 10.8. The molecule has 0 aromatic heterocycles. The Morgan fingerprint density at radius 3 is 2.38 bits per heavy atom. The van der Waals surface area contributed by atoms with Gasteiger partial charge in [-0.15, -0.1) is 0 Å². The second-order valence-corrected chi connectivity index (χ2v) is 5.75. The monoisotopic (exact) mass is 291 g/mol. The van der Waals surface area contributed by atoms with Crippen molar-refractivity contribution in [2.45, 2.75) is 71.8 Å². The van der Waals surface area contributed by atoms with Gasteiger partial charge >= 0.3 is 0 Å². The summed E-state index contributed by atoms with van der Waals surface area (Å²) in [7, 11) is 0. The lowest BCUT2D eigenvalue weighted by atomic mass is 10.1. The topological polar surface area (TPSA) is 21.3 Å². The van der Waals surface area contributed by atoms with E-state index in [0.717, 1.165) is 25.4 Å². The highest BCUT2D eigenvalue weighted by atomic mass is 16.5. The zero-order chi connectivity index (χ0) is 15.2. The third-order valence-electron chi connectivity index (χ3n) is 3.75. The summed E-state index contributed by atoms with van der Waals surface area (Å²) in [6.45, 7) is 7.32. The maximum atomic E-state index is 5.96. The number of benzene rings is 1. The molecule has 0 amide bonds. The van der Waals surface area contributed by atoms with Gasteiger partial charge in [-0.25, -0.2) is 0 Å². The van der Waals surface area contributed by atoms with Gasteiger partial charge < -0.3 is 10.1 Å². The molecule has 120 valence electrons. The lowest BCUT2D eigenvalue weighted by Crippen LogP contribution is -2.15. The van der Waals surface area contributed by atoms with E-state index in [0.29, 0.717) is 0 Å². The van der Waals surface area contributed by atoms with Gasteiger partial charge in [-0.2, -0.15) is 0 Å². The summed E-state index contributed by atoms with van der Waals surface area (Å²) < 4.78 is 5.96. The molecule has 0 bridgehead atoms. The molecule has 1 N–H and O–H groups in total. The van der Waals surface area contributed by atoms with Crippen LogP contribution in [-0.2, 0) is 6.54 Å². The summed E-state index contributed by atoms with van der Waals surface area (Å²) in [5, 5.41) is 3.49. The van der Waals surface area contributed by atoms with Gasteiger partial charge in [0.05, 0.1) is 6.61 Å². The Hall–Kier alpha value is -1.02.